The van der Waals surface area contributed by atoms with Crippen LogP contribution < -0.4 is 10.1 Å². The van der Waals surface area contributed by atoms with Crippen molar-refractivity contribution < 1.29 is 14.0 Å². The molecule has 2 aromatic rings. The summed E-state index contributed by atoms with van der Waals surface area (Å²) in [6.07, 6.45) is 0. The minimum atomic E-state index is 0.412. The molecule has 0 saturated carbocycles. The van der Waals surface area contributed by atoms with E-state index in [2.05, 4.69) is 10.5 Å². The summed E-state index contributed by atoms with van der Waals surface area (Å²) in [7, 11) is 1.87. The Balaban J connectivity index is 1.61. The lowest BCUT2D eigenvalue weighted by molar-refractivity contribution is 0.0746. The van der Waals surface area contributed by atoms with E-state index in [1.165, 1.54) is 0 Å². The van der Waals surface area contributed by atoms with Crippen LogP contribution in [0.4, 0.5) is 0 Å². The molecule has 0 fully saturated rings. The van der Waals surface area contributed by atoms with E-state index in [1.807, 2.05) is 43.4 Å². The van der Waals surface area contributed by atoms with Crippen molar-refractivity contribution in [3.05, 3.63) is 47.9 Å². The average molecular weight is 262 g/mol. The maximum atomic E-state index is 5.51. The molecule has 19 heavy (non-hydrogen) atoms. The van der Waals surface area contributed by atoms with E-state index in [0.29, 0.717) is 26.4 Å². The second kappa shape index (κ2) is 7.56. The SMILES string of the molecule is CNCc1cc(COCCOc2ccccc2)on1. The van der Waals surface area contributed by atoms with Crippen LogP contribution in [0.3, 0.4) is 0 Å². The zero-order valence-corrected chi connectivity index (χ0v) is 11.0. The third-order valence-electron chi connectivity index (χ3n) is 2.45. The fraction of sp³-hybridized carbons (Fsp3) is 0.357. The molecular weight excluding hydrogens is 244 g/mol. The molecule has 102 valence electrons. The molecule has 1 N–H and O–H groups in total. The molecule has 0 amide bonds. The highest BCUT2D eigenvalue weighted by Gasteiger charge is 2.03. The van der Waals surface area contributed by atoms with E-state index in [4.69, 9.17) is 14.0 Å². The first-order valence-electron chi connectivity index (χ1n) is 6.23. The van der Waals surface area contributed by atoms with Gasteiger partial charge in [0.1, 0.15) is 19.0 Å². The van der Waals surface area contributed by atoms with Crippen molar-refractivity contribution in [2.75, 3.05) is 20.3 Å². The van der Waals surface area contributed by atoms with Gasteiger partial charge in [0.2, 0.25) is 0 Å². The van der Waals surface area contributed by atoms with Gasteiger partial charge in [0.25, 0.3) is 0 Å². The summed E-state index contributed by atoms with van der Waals surface area (Å²) in [6, 6.07) is 11.5. The molecule has 5 heteroatoms. The second-order valence-corrected chi connectivity index (χ2v) is 4.03. The average Bonchev–Trinajstić information content (AvgIpc) is 2.88. The van der Waals surface area contributed by atoms with E-state index in [1.54, 1.807) is 0 Å². The van der Waals surface area contributed by atoms with Crippen LogP contribution in [-0.2, 0) is 17.9 Å². The minimum Gasteiger partial charge on any atom is -0.491 e. The molecule has 0 saturated heterocycles. The van der Waals surface area contributed by atoms with Gasteiger partial charge in [-0.15, -0.1) is 0 Å². The van der Waals surface area contributed by atoms with Crippen LogP contribution in [0.5, 0.6) is 5.75 Å². The van der Waals surface area contributed by atoms with Crippen molar-refractivity contribution in [2.24, 2.45) is 0 Å². The number of nitrogens with one attached hydrogen (secondary N) is 1. The number of hydrogen-bond acceptors (Lipinski definition) is 5. The van der Waals surface area contributed by atoms with Crippen LogP contribution in [0.2, 0.25) is 0 Å². The van der Waals surface area contributed by atoms with Crippen LogP contribution in [0.15, 0.2) is 40.9 Å². The fourth-order valence-corrected chi connectivity index (χ4v) is 1.60. The molecule has 1 aromatic heterocycles. The second-order valence-electron chi connectivity index (χ2n) is 4.03. The van der Waals surface area contributed by atoms with Gasteiger partial charge in [-0.3, -0.25) is 0 Å². The summed E-state index contributed by atoms with van der Waals surface area (Å²) in [6.45, 7) is 2.13. The Labute approximate surface area is 112 Å². The molecule has 0 radical (unpaired) electrons. The Hall–Kier alpha value is -1.85. The number of rotatable bonds is 8. The summed E-state index contributed by atoms with van der Waals surface area (Å²) >= 11 is 0. The highest BCUT2D eigenvalue weighted by atomic mass is 16.5. The summed E-state index contributed by atoms with van der Waals surface area (Å²) in [5.74, 6) is 1.58. The number of nitrogens with zero attached hydrogens (tertiary/aromatic N) is 1. The molecule has 0 atom stereocenters. The maximum Gasteiger partial charge on any atom is 0.162 e. The monoisotopic (exact) mass is 262 g/mol. The number of aromatic nitrogens is 1. The van der Waals surface area contributed by atoms with Gasteiger partial charge < -0.3 is 19.3 Å². The van der Waals surface area contributed by atoms with Gasteiger partial charge in [-0.25, -0.2) is 0 Å². The highest BCUT2D eigenvalue weighted by molar-refractivity contribution is 5.20. The lowest BCUT2D eigenvalue weighted by Crippen LogP contribution is -2.06. The van der Waals surface area contributed by atoms with Crippen LogP contribution in [-0.4, -0.2) is 25.4 Å². The first kappa shape index (κ1) is 13.6. The van der Waals surface area contributed by atoms with Crippen LogP contribution in [0.25, 0.3) is 0 Å². The summed E-state index contributed by atoms with van der Waals surface area (Å²) in [5.41, 5.74) is 0.877. The van der Waals surface area contributed by atoms with Crippen molar-refractivity contribution >= 4 is 0 Å². The normalized spacial score (nSPS) is 10.6. The van der Waals surface area contributed by atoms with Gasteiger partial charge in [-0.05, 0) is 19.2 Å². The minimum absolute atomic E-state index is 0.412. The quantitative estimate of drug-likeness (QED) is 0.737. The molecule has 0 unspecified atom stereocenters. The Kier molecular flexibility index (Phi) is 5.40. The van der Waals surface area contributed by atoms with Gasteiger partial charge in [0, 0.05) is 12.6 Å². The van der Waals surface area contributed by atoms with Crippen molar-refractivity contribution in [1.82, 2.24) is 10.5 Å². The van der Waals surface area contributed by atoms with Gasteiger partial charge in [-0.2, -0.15) is 0 Å². The lowest BCUT2D eigenvalue weighted by atomic mass is 10.3. The largest absolute Gasteiger partial charge is 0.491 e. The molecule has 2 rings (SSSR count). The summed E-state index contributed by atoms with van der Waals surface area (Å²) in [5, 5.41) is 6.91. The molecule has 0 spiro atoms. The van der Waals surface area contributed by atoms with Crippen LogP contribution in [0, 0.1) is 0 Å². The third kappa shape index (κ3) is 4.73. The first-order valence-corrected chi connectivity index (χ1v) is 6.23. The molecule has 0 bridgehead atoms. The van der Waals surface area contributed by atoms with Gasteiger partial charge in [-0.1, -0.05) is 23.4 Å². The van der Waals surface area contributed by atoms with Gasteiger partial charge in [0.05, 0.1) is 12.3 Å². The standard InChI is InChI=1S/C14H18N2O3/c1-15-10-12-9-14(19-16-12)11-17-7-8-18-13-5-3-2-4-6-13/h2-6,9,15H,7-8,10-11H2,1H3. The molecule has 5 nitrogen and oxygen atoms in total. The van der Waals surface area contributed by atoms with Crippen molar-refractivity contribution in [1.29, 1.82) is 0 Å². The van der Waals surface area contributed by atoms with Gasteiger partial charge in [0.15, 0.2) is 5.76 Å². The topological polar surface area (TPSA) is 56.5 Å². The molecule has 0 aliphatic rings. The van der Waals surface area contributed by atoms with E-state index in [-0.39, 0.29) is 0 Å². The predicted molar refractivity (Wildman–Crippen MR) is 70.9 cm³/mol. The maximum absolute atomic E-state index is 5.51. The summed E-state index contributed by atoms with van der Waals surface area (Å²) in [4.78, 5) is 0. The zero-order chi connectivity index (χ0) is 13.3. The van der Waals surface area contributed by atoms with Crippen molar-refractivity contribution in [3.63, 3.8) is 0 Å². The number of ether oxygens (including phenoxy) is 2. The number of benzene rings is 1. The smallest absolute Gasteiger partial charge is 0.162 e. The fourth-order valence-electron chi connectivity index (χ4n) is 1.60. The number of hydrogen-bond donors (Lipinski definition) is 1. The van der Waals surface area contributed by atoms with E-state index in [0.717, 1.165) is 17.2 Å². The molecular formula is C14H18N2O3. The molecule has 1 heterocycles. The van der Waals surface area contributed by atoms with E-state index in [9.17, 15) is 0 Å². The van der Waals surface area contributed by atoms with E-state index >= 15 is 0 Å². The highest BCUT2D eigenvalue weighted by Crippen LogP contribution is 2.08. The Bertz CT molecular complexity index is 471. The lowest BCUT2D eigenvalue weighted by Gasteiger charge is -2.05. The Morgan fingerprint density at radius 2 is 2.05 bits per heavy atom. The Morgan fingerprint density at radius 1 is 1.21 bits per heavy atom. The Morgan fingerprint density at radius 3 is 2.84 bits per heavy atom. The van der Waals surface area contributed by atoms with Crippen molar-refractivity contribution in [2.45, 2.75) is 13.2 Å². The third-order valence-corrected chi connectivity index (χ3v) is 2.45. The van der Waals surface area contributed by atoms with Crippen LogP contribution >= 0.6 is 0 Å². The molecule has 0 aliphatic carbocycles. The van der Waals surface area contributed by atoms with Crippen molar-refractivity contribution in [3.8, 4) is 5.75 Å². The molecule has 1 aromatic carbocycles. The van der Waals surface area contributed by atoms with Crippen LogP contribution in [0.1, 0.15) is 11.5 Å². The first-order chi connectivity index (χ1) is 9.38. The molecule has 0 aliphatic heterocycles. The van der Waals surface area contributed by atoms with Gasteiger partial charge >= 0.3 is 0 Å². The zero-order valence-electron chi connectivity index (χ0n) is 11.0. The van der Waals surface area contributed by atoms with E-state index < -0.39 is 0 Å². The number of para-hydroxylation sites is 1. The summed E-state index contributed by atoms with van der Waals surface area (Å²) < 4.78 is 16.1. The predicted octanol–water partition coefficient (Wildman–Crippen LogP) is 1.99.